The first-order valence-corrected chi connectivity index (χ1v) is 12.6. The van der Waals surface area contributed by atoms with E-state index in [0.717, 1.165) is 34.7 Å². The zero-order chi connectivity index (χ0) is 25.8. The van der Waals surface area contributed by atoms with Gasteiger partial charge in [-0.15, -0.1) is 0 Å². The molecule has 190 valence electrons. The van der Waals surface area contributed by atoms with Crippen LogP contribution in [-0.2, 0) is 16.1 Å². The first-order valence-electron chi connectivity index (χ1n) is 12.6. The second-order valence-electron chi connectivity index (χ2n) is 9.63. The van der Waals surface area contributed by atoms with Crippen molar-refractivity contribution >= 4 is 33.8 Å². The van der Waals surface area contributed by atoms with Crippen molar-refractivity contribution < 1.29 is 23.5 Å². The molecule has 4 aromatic rings. The van der Waals surface area contributed by atoms with Crippen molar-refractivity contribution in [3.8, 4) is 5.75 Å². The third kappa shape index (κ3) is 5.66. The second kappa shape index (κ2) is 10.9. The van der Waals surface area contributed by atoms with Crippen LogP contribution in [0.3, 0.4) is 0 Å². The topological polar surface area (TPSA) is 94.8 Å². The molecule has 1 saturated carbocycles. The number of benzene rings is 3. The molecule has 1 fully saturated rings. The molecule has 0 bridgehead atoms. The van der Waals surface area contributed by atoms with E-state index in [4.69, 9.17) is 13.9 Å². The van der Waals surface area contributed by atoms with Crippen LogP contribution in [0.15, 0.2) is 75.9 Å². The molecule has 1 amide bonds. The van der Waals surface area contributed by atoms with Crippen molar-refractivity contribution in [1.29, 1.82) is 0 Å². The van der Waals surface area contributed by atoms with Gasteiger partial charge in [0.1, 0.15) is 17.9 Å². The summed E-state index contributed by atoms with van der Waals surface area (Å²) in [5.41, 5.74) is 1.80. The molecular weight excluding hydrogens is 470 g/mol. The maximum Gasteiger partial charge on any atom is 0.407 e. The number of carbonyl (C=O) groups excluding carboxylic acids is 2. The van der Waals surface area contributed by atoms with Crippen LogP contribution >= 0.6 is 0 Å². The first kappa shape index (κ1) is 24.6. The number of fused-ring (bicyclic) bond motifs is 3. The number of rotatable bonds is 6. The van der Waals surface area contributed by atoms with Gasteiger partial charge in [-0.2, -0.15) is 0 Å². The van der Waals surface area contributed by atoms with E-state index in [1.165, 1.54) is 0 Å². The molecule has 1 aliphatic carbocycles. The zero-order valence-electron chi connectivity index (χ0n) is 20.7. The summed E-state index contributed by atoms with van der Waals surface area (Å²) < 4.78 is 16.5. The molecule has 1 heterocycles. The molecule has 0 saturated heterocycles. The van der Waals surface area contributed by atoms with Gasteiger partial charge >= 0.3 is 17.7 Å². The van der Waals surface area contributed by atoms with E-state index in [9.17, 15) is 14.4 Å². The van der Waals surface area contributed by atoms with Crippen molar-refractivity contribution in [3.05, 3.63) is 88.3 Å². The van der Waals surface area contributed by atoms with Crippen LogP contribution < -0.4 is 15.7 Å². The largest absolute Gasteiger partial charge is 0.445 e. The average molecular weight is 500 g/mol. The fourth-order valence-corrected chi connectivity index (χ4v) is 5.05. The molecule has 0 aliphatic heterocycles. The number of hydrogen-bond acceptors (Lipinski definition) is 6. The number of alkyl carbamates (subject to hydrolysis) is 1. The Morgan fingerprint density at radius 3 is 2.41 bits per heavy atom. The quantitative estimate of drug-likeness (QED) is 0.154. The lowest BCUT2D eigenvalue weighted by Gasteiger charge is -2.27. The Labute approximate surface area is 214 Å². The molecule has 1 aromatic heterocycles. The highest BCUT2D eigenvalue weighted by Crippen LogP contribution is 2.32. The van der Waals surface area contributed by atoms with Crippen molar-refractivity contribution in [3.63, 3.8) is 0 Å². The van der Waals surface area contributed by atoms with E-state index < -0.39 is 11.7 Å². The molecule has 0 radical (unpaired) electrons. The smallest absolute Gasteiger partial charge is 0.407 e. The Balaban J connectivity index is 1.14. The van der Waals surface area contributed by atoms with Crippen LogP contribution in [0.1, 0.15) is 36.8 Å². The highest BCUT2D eigenvalue weighted by Gasteiger charge is 2.28. The fourth-order valence-electron chi connectivity index (χ4n) is 5.05. The van der Waals surface area contributed by atoms with Crippen molar-refractivity contribution in [1.82, 2.24) is 5.32 Å². The predicted molar refractivity (Wildman–Crippen MR) is 140 cm³/mol. The summed E-state index contributed by atoms with van der Waals surface area (Å²) in [6, 6.07) is 20.3. The number of aryl methyl sites for hydroxylation is 1. The molecule has 1 aliphatic rings. The second-order valence-corrected chi connectivity index (χ2v) is 9.63. The van der Waals surface area contributed by atoms with E-state index in [0.29, 0.717) is 42.0 Å². The lowest BCUT2D eigenvalue weighted by molar-refractivity contribution is -0.140. The van der Waals surface area contributed by atoms with Gasteiger partial charge in [-0.1, -0.05) is 48.5 Å². The molecule has 0 unspecified atom stereocenters. The minimum absolute atomic E-state index is 0.208. The van der Waals surface area contributed by atoms with E-state index in [1.54, 1.807) is 18.2 Å². The molecule has 7 heteroatoms. The van der Waals surface area contributed by atoms with Gasteiger partial charge in [-0.25, -0.2) is 9.59 Å². The van der Waals surface area contributed by atoms with Crippen LogP contribution in [0.2, 0.25) is 0 Å². The number of esters is 1. The Hall–Kier alpha value is -4.13. The summed E-state index contributed by atoms with van der Waals surface area (Å²) >= 11 is 0. The van der Waals surface area contributed by atoms with Crippen LogP contribution in [0.4, 0.5) is 4.79 Å². The minimum Gasteiger partial charge on any atom is -0.445 e. The van der Waals surface area contributed by atoms with Crippen LogP contribution in [-0.4, -0.2) is 18.6 Å². The maximum absolute atomic E-state index is 12.9. The summed E-state index contributed by atoms with van der Waals surface area (Å²) in [5, 5.41) is 5.02. The summed E-state index contributed by atoms with van der Waals surface area (Å²) in [6.45, 7) is 2.67. The predicted octanol–water partition coefficient (Wildman–Crippen LogP) is 5.89. The number of hydrogen-bond donors (Lipinski definition) is 1. The Morgan fingerprint density at radius 1 is 0.946 bits per heavy atom. The molecule has 0 atom stereocenters. The third-order valence-electron chi connectivity index (χ3n) is 7.04. The van der Waals surface area contributed by atoms with Gasteiger partial charge in [0, 0.05) is 23.4 Å². The lowest BCUT2D eigenvalue weighted by atomic mass is 9.82. The highest BCUT2D eigenvalue weighted by molar-refractivity contribution is 6.06. The minimum atomic E-state index is -0.434. The molecule has 37 heavy (non-hydrogen) atoms. The summed E-state index contributed by atoms with van der Waals surface area (Å²) in [7, 11) is 0. The standard InChI is InChI=1S/C30H29NO6/c1-19-15-23(16-26-27(19)24-9-5-6-10-25(24)29(33)37-26)36-28(32)22-13-11-20(12-14-22)17-31-30(34)35-18-21-7-3-2-4-8-21/h2-10,15-16,20,22H,11-14,17-18H2,1H3,(H,31,34). The molecule has 7 nitrogen and oxygen atoms in total. The normalized spacial score (nSPS) is 17.4. The number of nitrogens with one attached hydrogen (secondary N) is 1. The van der Waals surface area contributed by atoms with Gasteiger partial charge in [-0.05, 0) is 61.8 Å². The summed E-state index contributed by atoms with van der Waals surface area (Å²) in [5.74, 6) is 0.175. The highest BCUT2D eigenvalue weighted by atomic mass is 16.5. The maximum atomic E-state index is 12.9. The van der Waals surface area contributed by atoms with Gasteiger partial charge in [-0.3, -0.25) is 4.79 Å². The molecule has 1 N–H and O–H groups in total. The molecule has 3 aromatic carbocycles. The van der Waals surface area contributed by atoms with Gasteiger partial charge in [0.15, 0.2) is 0 Å². The molecular formula is C30H29NO6. The SMILES string of the molecule is Cc1cc(OC(=O)C2CCC(CNC(=O)OCc3ccccc3)CC2)cc2oc(=O)c3ccccc3c12. The Morgan fingerprint density at radius 2 is 1.65 bits per heavy atom. The summed E-state index contributed by atoms with van der Waals surface area (Å²) in [4.78, 5) is 37.3. The zero-order valence-corrected chi connectivity index (χ0v) is 20.7. The van der Waals surface area contributed by atoms with Crippen molar-refractivity contribution in [2.24, 2.45) is 11.8 Å². The molecule has 0 spiro atoms. The first-order chi connectivity index (χ1) is 18.0. The lowest BCUT2D eigenvalue weighted by Crippen LogP contribution is -2.33. The Kier molecular flexibility index (Phi) is 7.21. The van der Waals surface area contributed by atoms with Crippen LogP contribution in [0, 0.1) is 18.8 Å². The van der Waals surface area contributed by atoms with E-state index in [1.807, 2.05) is 55.5 Å². The van der Waals surface area contributed by atoms with Crippen molar-refractivity contribution in [2.75, 3.05) is 6.54 Å². The average Bonchev–Trinajstić information content (AvgIpc) is 2.91. The van der Waals surface area contributed by atoms with Crippen LogP contribution in [0.5, 0.6) is 5.75 Å². The number of ether oxygens (including phenoxy) is 2. The van der Waals surface area contributed by atoms with Crippen molar-refractivity contribution in [2.45, 2.75) is 39.2 Å². The van der Waals surface area contributed by atoms with Gasteiger partial charge < -0.3 is 19.2 Å². The van der Waals surface area contributed by atoms with Gasteiger partial charge in [0.25, 0.3) is 0 Å². The number of carbonyl (C=O) groups is 2. The Bertz CT molecular complexity index is 1490. The van der Waals surface area contributed by atoms with Gasteiger partial charge in [0.05, 0.1) is 11.3 Å². The monoisotopic (exact) mass is 499 g/mol. The van der Waals surface area contributed by atoms with E-state index in [2.05, 4.69) is 5.32 Å². The van der Waals surface area contributed by atoms with E-state index in [-0.39, 0.29) is 18.5 Å². The summed E-state index contributed by atoms with van der Waals surface area (Å²) in [6.07, 6.45) is 2.58. The molecule has 5 rings (SSSR count). The van der Waals surface area contributed by atoms with Crippen LogP contribution in [0.25, 0.3) is 21.7 Å². The number of amides is 1. The third-order valence-corrected chi connectivity index (χ3v) is 7.04. The fraction of sp³-hybridized carbons (Fsp3) is 0.300. The van der Waals surface area contributed by atoms with E-state index >= 15 is 0 Å². The van der Waals surface area contributed by atoms with Gasteiger partial charge in [0.2, 0.25) is 0 Å².